The highest BCUT2D eigenvalue weighted by Crippen LogP contribution is 2.17. The maximum Gasteiger partial charge on any atom is 0.309 e. The van der Waals surface area contributed by atoms with E-state index in [1.165, 1.54) is 13.0 Å². The Morgan fingerprint density at radius 1 is 1.29 bits per heavy atom. The van der Waals surface area contributed by atoms with Crippen molar-refractivity contribution >= 4 is 17.5 Å². The van der Waals surface area contributed by atoms with E-state index in [2.05, 4.69) is 6.58 Å². The first-order valence-electron chi connectivity index (χ1n) is 5.68. The first-order chi connectivity index (χ1) is 7.86. The van der Waals surface area contributed by atoms with Gasteiger partial charge < -0.3 is 4.74 Å². The summed E-state index contributed by atoms with van der Waals surface area (Å²) < 4.78 is 4.84. The van der Waals surface area contributed by atoms with Crippen LogP contribution in [-0.2, 0) is 19.1 Å². The minimum Gasteiger partial charge on any atom is -0.457 e. The molecule has 4 heteroatoms. The van der Waals surface area contributed by atoms with Crippen LogP contribution in [0.5, 0.6) is 0 Å². The van der Waals surface area contributed by atoms with Crippen LogP contribution in [0.2, 0.25) is 0 Å². The van der Waals surface area contributed by atoms with E-state index >= 15 is 0 Å². The number of hydrogen-bond donors (Lipinski definition) is 0. The van der Waals surface area contributed by atoms with Crippen LogP contribution in [0.25, 0.3) is 0 Å². The van der Waals surface area contributed by atoms with Crippen molar-refractivity contribution in [2.45, 2.75) is 33.6 Å². The lowest BCUT2D eigenvalue weighted by atomic mass is 9.92. The van der Waals surface area contributed by atoms with E-state index in [1.54, 1.807) is 0 Å². The quantitative estimate of drug-likeness (QED) is 0.480. The Kier molecular flexibility index (Phi) is 7.10. The Bertz CT molecular complexity index is 305. The third-order valence-corrected chi connectivity index (χ3v) is 2.18. The molecule has 0 N–H and O–H groups in total. The van der Waals surface area contributed by atoms with Gasteiger partial charge in [0.1, 0.15) is 6.61 Å². The maximum absolute atomic E-state index is 11.7. The fourth-order valence-electron chi connectivity index (χ4n) is 1.45. The van der Waals surface area contributed by atoms with Crippen molar-refractivity contribution in [3.63, 3.8) is 0 Å². The second kappa shape index (κ2) is 7.76. The highest BCUT2D eigenvalue weighted by molar-refractivity contribution is 5.92. The van der Waals surface area contributed by atoms with Crippen LogP contribution in [0.3, 0.4) is 0 Å². The van der Waals surface area contributed by atoms with Crippen LogP contribution < -0.4 is 0 Å². The van der Waals surface area contributed by atoms with E-state index in [9.17, 15) is 14.4 Å². The van der Waals surface area contributed by atoms with Gasteiger partial charge in [-0.15, -0.1) is 0 Å². The Labute approximate surface area is 102 Å². The maximum atomic E-state index is 11.7. The van der Waals surface area contributed by atoms with Crippen molar-refractivity contribution in [3.8, 4) is 0 Å². The summed E-state index contributed by atoms with van der Waals surface area (Å²) in [7, 11) is 0. The molecule has 0 rings (SSSR count). The topological polar surface area (TPSA) is 60.4 Å². The molecule has 1 unspecified atom stereocenters. The highest BCUT2D eigenvalue weighted by Gasteiger charge is 2.23. The molecule has 0 heterocycles. The summed E-state index contributed by atoms with van der Waals surface area (Å²) in [6, 6.07) is 0. The van der Waals surface area contributed by atoms with Gasteiger partial charge in [0.2, 0.25) is 0 Å². The molecule has 0 aliphatic carbocycles. The van der Waals surface area contributed by atoms with E-state index in [0.717, 1.165) is 0 Å². The third-order valence-electron chi connectivity index (χ3n) is 2.18. The fourth-order valence-corrected chi connectivity index (χ4v) is 1.45. The number of carbonyl (C=O) groups excluding carboxylic acids is 3. The zero-order valence-corrected chi connectivity index (χ0v) is 10.7. The fraction of sp³-hybridized carbons (Fsp3) is 0.615. The van der Waals surface area contributed by atoms with Gasteiger partial charge in [-0.05, 0) is 25.3 Å². The predicted molar refractivity (Wildman–Crippen MR) is 64.4 cm³/mol. The van der Waals surface area contributed by atoms with Crippen LogP contribution in [-0.4, -0.2) is 24.1 Å². The molecule has 4 nitrogen and oxygen atoms in total. The highest BCUT2D eigenvalue weighted by atomic mass is 16.5. The first-order valence-corrected chi connectivity index (χ1v) is 5.68. The lowest BCUT2D eigenvalue weighted by Crippen LogP contribution is -2.24. The zero-order chi connectivity index (χ0) is 13.4. The van der Waals surface area contributed by atoms with E-state index in [-0.39, 0.29) is 30.5 Å². The second-order valence-corrected chi connectivity index (χ2v) is 4.51. The summed E-state index contributed by atoms with van der Waals surface area (Å²) in [4.78, 5) is 33.6. The van der Waals surface area contributed by atoms with E-state index in [0.29, 0.717) is 6.42 Å². The third kappa shape index (κ3) is 7.44. The molecule has 0 saturated carbocycles. The number of rotatable bonds is 8. The molecule has 0 fully saturated rings. The molecular formula is C13H20O4. The Morgan fingerprint density at radius 2 is 1.88 bits per heavy atom. The van der Waals surface area contributed by atoms with Crippen molar-refractivity contribution < 1.29 is 19.1 Å². The van der Waals surface area contributed by atoms with Gasteiger partial charge in [0.05, 0.1) is 5.92 Å². The van der Waals surface area contributed by atoms with Crippen LogP contribution in [0.4, 0.5) is 0 Å². The summed E-state index contributed by atoms with van der Waals surface area (Å²) in [6.07, 6.45) is 1.86. The predicted octanol–water partition coefficient (Wildman–Crippen LogP) is 1.93. The Balaban J connectivity index is 4.44. The van der Waals surface area contributed by atoms with Crippen molar-refractivity contribution in [2.75, 3.05) is 6.61 Å². The molecule has 0 aromatic heterocycles. The molecule has 0 saturated heterocycles. The zero-order valence-electron chi connectivity index (χ0n) is 10.7. The average molecular weight is 240 g/mol. The van der Waals surface area contributed by atoms with Crippen LogP contribution >= 0.6 is 0 Å². The first kappa shape index (κ1) is 15.6. The number of ether oxygens (including phenoxy) is 1. The molecule has 1 atom stereocenters. The molecule has 96 valence electrons. The van der Waals surface area contributed by atoms with Gasteiger partial charge in [0.15, 0.2) is 11.6 Å². The van der Waals surface area contributed by atoms with Gasteiger partial charge in [0.25, 0.3) is 0 Å². The molecule has 0 aromatic carbocycles. The van der Waals surface area contributed by atoms with Crippen molar-refractivity contribution in [3.05, 3.63) is 12.7 Å². The van der Waals surface area contributed by atoms with E-state index in [4.69, 9.17) is 4.74 Å². The number of hydrogen-bond acceptors (Lipinski definition) is 4. The number of carbonyl (C=O) groups is 3. The standard InChI is InChI=1S/C13H20O4/c1-5-12(15)7-11(6-9(2)3)13(16)17-8-10(4)14/h5,9,11H,1,6-8H2,2-4H3. The molecular weight excluding hydrogens is 220 g/mol. The van der Waals surface area contributed by atoms with Crippen LogP contribution in [0.1, 0.15) is 33.6 Å². The average Bonchev–Trinajstić information content (AvgIpc) is 2.23. The minimum atomic E-state index is -0.486. The monoisotopic (exact) mass is 240 g/mol. The lowest BCUT2D eigenvalue weighted by molar-refractivity contribution is -0.153. The summed E-state index contributed by atoms with van der Waals surface area (Å²) in [5.74, 6) is -1.08. The Morgan fingerprint density at radius 3 is 2.29 bits per heavy atom. The lowest BCUT2D eigenvalue weighted by Gasteiger charge is -2.16. The summed E-state index contributed by atoms with van der Waals surface area (Å²) in [5.41, 5.74) is 0. The molecule has 0 amide bonds. The van der Waals surface area contributed by atoms with Gasteiger partial charge in [-0.25, -0.2) is 0 Å². The smallest absolute Gasteiger partial charge is 0.309 e. The summed E-state index contributed by atoms with van der Waals surface area (Å²) in [6.45, 7) is 8.41. The second-order valence-electron chi connectivity index (χ2n) is 4.51. The van der Waals surface area contributed by atoms with Gasteiger partial charge in [-0.3, -0.25) is 14.4 Å². The number of esters is 1. The van der Waals surface area contributed by atoms with Gasteiger partial charge in [0, 0.05) is 6.42 Å². The van der Waals surface area contributed by atoms with Crippen molar-refractivity contribution in [1.82, 2.24) is 0 Å². The Hall–Kier alpha value is -1.45. The molecule has 0 aromatic rings. The van der Waals surface area contributed by atoms with E-state index in [1.807, 2.05) is 13.8 Å². The van der Waals surface area contributed by atoms with Crippen LogP contribution in [0.15, 0.2) is 12.7 Å². The summed E-state index contributed by atoms with van der Waals surface area (Å²) >= 11 is 0. The van der Waals surface area contributed by atoms with Crippen molar-refractivity contribution in [1.29, 1.82) is 0 Å². The summed E-state index contributed by atoms with van der Waals surface area (Å²) in [5, 5.41) is 0. The minimum absolute atomic E-state index is 0.0957. The largest absolute Gasteiger partial charge is 0.457 e. The van der Waals surface area contributed by atoms with Gasteiger partial charge >= 0.3 is 5.97 Å². The van der Waals surface area contributed by atoms with E-state index < -0.39 is 11.9 Å². The van der Waals surface area contributed by atoms with Gasteiger partial charge in [-0.2, -0.15) is 0 Å². The number of ketones is 2. The molecule has 17 heavy (non-hydrogen) atoms. The molecule has 0 bridgehead atoms. The van der Waals surface area contributed by atoms with Crippen LogP contribution in [0, 0.1) is 11.8 Å². The molecule has 0 radical (unpaired) electrons. The molecule has 0 aliphatic heterocycles. The SMILES string of the molecule is C=CC(=O)CC(CC(C)C)C(=O)OCC(C)=O. The molecule has 0 aliphatic rings. The number of Topliss-reactive ketones (excluding diaryl/α,β-unsaturated/α-hetero) is 1. The normalized spacial score (nSPS) is 12.0. The van der Waals surface area contributed by atoms with Crippen molar-refractivity contribution in [2.24, 2.45) is 11.8 Å². The van der Waals surface area contributed by atoms with Gasteiger partial charge in [-0.1, -0.05) is 20.4 Å². The number of allylic oxidation sites excluding steroid dienone is 1. The molecule has 0 spiro atoms.